The summed E-state index contributed by atoms with van der Waals surface area (Å²) in [4.78, 5) is 14.9. The molecule has 1 fully saturated rings. The summed E-state index contributed by atoms with van der Waals surface area (Å²) in [7, 11) is 2.03. The molecule has 0 saturated carbocycles. The molecule has 0 aromatic heterocycles. The number of likely N-dealkylation sites (N-methyl/N-ethyl adjacent to an activating group) is 1. The van der Waals surface area contributed by atoms with E-state index in [-0.39, 0.29) is 5.78 Å². The molecule has 0 aromatic rings. The Balaban J connectivity index is 2.30. The first kappa shape index (κ1) is 16.2. The lowest BCUT2D eigenvalue weighted by Gasteiger charge is -2.26. The molecule has 1 aliphatic heterocycles. The van der Waals surface area contributed by atoms with Gasteiger partial charge in [0.2, 0.25) is 0 Å². The Kier molecular flexibility index (Phi) is 5.68. The molecule has 22 heavy (non-hydrogen) atoms. The van der Waals surface area contributed by atoms with Crippen LogP contribution in [0.5, 0.6) is 0 Å². The maximum absolute atomic E-state index is 12.7. The zero-order valence-corrected chi connectivity index (χ0v) is 13.2. The fourth-order valence-corrected chi connectivity index (χ4v) is 2.66. The van der Waals surface area contributed by atoms with Gasteiger partial charge in [-0.1, -0.05) is 49.6 Å². The Morgan fingerprint density at radius 2 is 2.00 bits per heavy atom. The van der Waals surface area contributed by atoms with Crippen molar-refractivity contribution in [2.75, 3.05) is 20.1 Å². The van der Waals surface area contributed by atoms with Crippen LogP contribution in [0.2, 0.25) is 0 Å². The van der Waals surface area contributed by atoms with E-state index >= 15 is 0 Å². The Morgan fingerprint density at radius 3 is 2.64 bits per heavy atom. The first-order valence-electron chi connectivity index (χ1n) is 7.60. The Bertz CT molecular complexity index is 626. The summed E-state index contributed by atoms with van der Waals surface area (Å²) in [6, 6.07) is 0. The van der Waals surface area contributed by atoms with Crippen LogP contribution in [-0.2, 0) is 4.79 Å². The van der Waals surface area contributed by atoms with Crippen molar-refractivity contribution < 1.29 is 4.79 Å². The quantitative estimate of drug-likeness (QED) is 0.578. The molecule has 0 spiro atoms. The lowest BCUT2D eigenvalue weighted by atomic mass is 9.93. The molecule has 0 amide bonds. The maximum atomic E-state index is 12.7. The van der Waals surface area contributed by atoms with E-state index in [9.17, 15) is 4.79 Å². The lowest BCUT2D eigenvalue weighted by molar-refractivity contribution is -0.113. The molecular formula is C20H23NO. The second-order valence-corrected chi connectivity index (χ2v) is 5.63. The summed E-state index contributed by atoms with van der Waals surface area (Å²) >= 11 is 0. The second kappa shape index (κ2) is 7.71. The minimum Gasteiger partial charge on any atom is -0.298 e. The highest BCUT2D eigenvalue weighted by Gasteiger charge is 2.24. The summed E-state index contributed by atoms with van der Waals surface area (Å²) in [5.41, 5.74) is 3.69. The van der Waals surface area contributed by atoms with Gasteiger partial charge in [0, 0.05) is 24.2 Å². The molecule has 0 unspecified atom stereocenters. The van der Waals surface area contributed by atoms with E-state index in [0.29, 0.717) is 13.1 Å². The van der Waals surface area contributed by atoms with Gasteiger partial charge in [0.15, 0.2) is 5.78 Å². The number of rotatable bonds is 4. The molecule has 2 heteroatoms. The number of nitrogens with zero attached hydrogens (tertiary/aromatic N) is 1. The van der Waals surface area contributed by atoms with Crippen LogP contribution in [0.15, 0.2) is 84.1 Å². The standard InChI is InChI=1S/C20H23NO/c1-4-9-16(5-2)12-18-14-21(3)15-19(20(18)22)13-17-10-7-6-8-11-17/h4-5,7,9-13H,1-2,6,8,14-15H2,3H3/b16-9+,18-12+,19-13+. The molecule has 2 aliphatic rings. The number of Topliss-reactive ketones (excluding diaryl/α,β-unsaturated/α-hetero) is 1. The molecule has 114 valence electrons. The Labute approximate surface area is 133 Å². The molecular weight excluding hydrogens is 270 g/mol. The van der Waals surface area contributed by atoms with Gasteiger partial charge in [-0.2, -0.15) is 0 Å². The second-order valence-electron chi connectivity index (χ2n) is 5.63. The summed E-state index contributed by atoms with van der Waals surface area (Å²) in [5, 5.41) is 0. The number of ketones is 1. The van der Waals surface area contributed by atoms with E-state index in [1.165, 1.54) is 0 Å². The zero-order chi connectivity index (χ0) is 15.9. The van der Waals surface area contributed by atoms with Gasteiger partial charge in [-0.15, -0.1) is 0 Å². The van der Waals surface area contributed by atoms with Crippen molar-refractivity contribution in [3.8, 4) is 0 Å². The first-order valence-corrected chi connectivity index (χ1v) is 7.60. The predicted octanol–water partition coefficient (Wildman–Crippen LogP) is 3.93. The molecule has 0 N–H and O–H groups in total. The minimum absolute atomic E-state index is 0.134. The van der Waals surface area contributed by atoms with Gasteiger partial charge < -0.3 is 0 Å². The fraction of sp³-hybridized carbons (Fsp3) is 0.250. The van der Waals surface area contributed by atoms with Crippen molar-refractivity contribution in [2.24, 2.45) is 0 Å². The topological polar surface area (TPSA) is 20.3 Å². The molecule has 2 rings (SSSR count). The van der Waals surface area contributed by atoms with Gasteiger partial charge >= 0.3 is 0 Å². The minimum atomic E-state index is 0.134. The van der Waals surface area contributed by atoms with Gasteiger partial charge in [-0.05, 0) is 43.2 Å². The van der Waals surface area contributed by atoms with Crippen LogP contribution in [0.4, 0.5) is 0 Å². The van der Waals surface area contributed by atoms with E-state index in [2.05, 4.69) is 36.3 Å². The molecule has 0 bridgehead atoms. The van der Waals surface area contributed by atoms with E-state index in [1.807, 2.05) is 25.3 Å². The van der Waals surface area contributed by atoms with Gasteiger partial charge in [0.05, 0.1) is 0 Å². The number of hydrogen-bond donors (Lipinski definition) is 0. The number of piperidine rings is 1. The van der Waals surface area contributed by atoms with E-state index in [1.54, 1.807) is 12.2 Å². The third kappa shape index (κ3) is 4.15. The number of carbonyl (C=O) groups excluding carboxylic acids is 1. The molecule has 0 aromatic carbocycles. The maximum Gasteiger partial charge on any atom is 0.187 e. The van der Waals surface area contributed by atoms with E-state index in [0.717, 1.165) is 35.1 Å². The van der Waals surface area contributed by atoms with Gasteiger partial charge in [0.25, 0.3) is 0 Å². The Hall–Kier alpha value is -2.19. The fourth-order valence-electron chi connectivity index (χ4n) is 2.66. The average molecular weight is 293 g/mol. The zero-order valence-electron chi connectivity index (χ0n) is 13.2. The van der Waals surface area contributed by atoms with Gasteiger partial charge in [0.1, 0.15) is 0 Å². The van der Waals surface area contributed by atoms with Crippen molar-refractivity contribution in [3.05, 3.63) is 84.1 Å². The highest BCUT2D eigenvalue weighted by Crippen LogP contribution is 2.21. The van der Waals surface area contributed by atoms with Crippen molar-refractivity contribution in [3.63, 3.8) is 0 Å². The van der Waals surface area contributed by atoms with Crippen molar-refractivity contribution in [2.45, 2.75) is 12.8 Å². The van der Waals surface area contributed by atoms with Crippen molar-refractivity contribution in [1.29, 1.82) is 0 Å². The van der Waals surface area contributed by atoms with Crippen LogP contribution in [0, 0.1) is 0 Å². The third-order valence-corrected chi connectivity index (χ3v) is 3.72. The van der Waals surface area contributed by atoms with Crippen LogP contribution >= 0.6 is 0 Å². The van der Waals surface area contributed by atoms with Gasteiger partial charge in [-0.3, -0.25) is 9.69 Å². The van der Waals surface area contributed by atoms with Crippen LogP contribution in [-0.4, -0.2) is 30.8 Å². The molecule has 1 aliphatic carbocycles. The summed E-state index contributed by atoms with van der Waals surface area (Å²) in [6.07, 6.45) is 17.8. The van der Waals surface area contributed by atoms with Crippen molar-refractivity contribution >= 4 is 5.78 Å². The molecule has 1 heterocycles. The average Bonchev–Trinajstić information content (AvgIpc) is 2.52. The summed E-state index contributed by atoms with van der Waals surface area (Å²) in [6.45, 7) is 8.83. The van der Waals surface area contributed by atoms with Crippen LogP contribution in [0.3, 0.4) is 0 Å². The number of allylic oxidation sites excluding steroid dienone is 10. The van der Waals surface area contributed by atoms with Crippen LogP contribution in [0.1, 0.15) is 12.8 Å². The number of carbonyl (C=O) groups is 1. The lowest BCUT2D eigenvalue weighted by Crippen LogP contribution is -2.35. The van der Waals surface area contributed by atoms with E-state index in [4.69, 9.17) is 0 Å². The van der Waals surface area contributed by atoms with Crippen LogP contribution in [0.25, 0.3) is 0 Å². The normalized spacial score (nSPS) is 23.8. The SMILES string of the molecule is C=C/C=C(C=C)/C=C1\CN(C)C/C(=C\C2=CCCC=C2)C1=O. The van der Waals surface area contributed by atoms with Gasteiger partial charge in [-0.25, -0.2) is 0 Å². The van der Waals surface area contributed by atoms with E-state index < -0.39 is 0 Å². The highest BCUT2D eigenvalue weighted by molar-refractivity contribution is 6.10. The van der Waals surface area contributed by atoms with Crippen molar-refractivity contribution in [1.82, 2.24) is 4.90 Å². The Morgan fingerprint density at radius 1 is 1.23 bits per heavy atom. The highest BCUT2D eigenvalue weighted by atomic mass is 16.1. The monoisotopic (exact) mass is 293 g/mol. The molecule has 0 atom stereocenters. The van der Waals surface area contributed by atoms with Crippen LogP contribution < -0.4 is 0 Å². The smallest absolute Gasteiger partial charge is 0.187 e. The molecule has 1 saturated heterocycles. The largest absolute Gasteiger partial charge is 0.298 e. The number of likely N-dealkylation sites (tertiary alicyclic amines) is 1. The third-order valence-electron chi connectivity index (χ3n) is 3.72. The predicted molar refractivity (Wildman–Crippen MR) is 93.6 cm³/mol. The summed E-state index contributed by atoms with van der Waals surface area (Å²) in [5.74, 6) is 0.134. The number of hydrogen-bond acceptors (Lipinski definition) is 2. The molecule has 2 nitrogen and oxygen atoms in total. The molecule has 0 radical (unpaired) electrons. The summed E-state index contributed by atoms with van der Waals surface area (Å²) < 4.78 is 0. The first-order chi connectivity index (χ1) is 10.6.